The molecule has 3 aromatic heterocycles. The Morgan fingerprint density at radius 2 is 1.61 bits per heavy atom. The number of hydrogen-bond acceptors (Lipinski definition) is 4. The van der Waals surface area contributed by atoms with Gasteiger partial charge in [0.05, 0.1) is 11.0 Å². The van der Waals surface area contributed by atoms with E-state index in [9.17, 15) is 0 Å². The maximum absolute atomic E-state index is 5.09. The molecule has 2 aliphatic heterocycles. The molecule has 51 heavy (non-hydrogen) atoms. The molecular formula is C44H43N6Pt-3. The predicted molar refractivity (Wildman–Crippen MR) is 206 cm³/mol. The van der Waals surface area contributed by atoms with Crippen LogP contribution in [0, 0.1) is 18.8 Å². The van der Waals surface area contributed by atoms with Crippen LogP contribution in [0.3, 0.4) is 0 Å². The molecule has 7 heteroatoms. The van der Waals surface area contributed by atoms with Gasteiger partial charge < -0.3 is 18.9 Å². The van der Waals surface area contributed by atoms with Gasteiger partial charge in [-0.3, -0.25) is 0 Å². The van der Waals surface area contributed by atoms with Crippen molar-refractivity contribution >= 4 is 49.9 Å². The number of imidazole rings is 1. The third kappa shape index (κ3) is 5.76. The molecule has 0 amide bonds. The molecule has 0 unspecified atom stereocenters. The zero-order chi connectivity index (χ0) is 34.4. The first-order chi connectivity index (χ1) is 24.0. The third-order valence-electron chi connectivity index (χ3n) is 10.4. The van der Waals surface area contributed by atoms with Gasteiger partial charge in [-0.05, 0) is 86.7 Å². The van der Waals surface area contributed by atoms with Gasteiger partial charge in [0, 0.05) is 62.7 Å². The summed E-state index contributed by atoms with van der Waals surface area (Å²) in [6, 6.07) is 36.2. The van der Waals surface area contributed by atoms with E-state index >= 15 is 0 Å². The average Bonchev–Trinajstić information content (AvgIpc) is 3.76. The second kappa shape index (κ2) is 12.4. The van der Waals surface area contributed by atoms with Crippen LogP contribution in [0.15, 0.2) is 85.1 Å². The van der Waals surface area contributed by atoms with Gasteiger partial charge in [-0.2, -0.15) is 60.3 Å². The van der Waals surface area contributed by atoms with E-state index in [4.69, 9.17) is 9.97 Å². The van der Waals surface area contributed by atoms with Crippen molar-refractivity contribution in [1.82, 2.24) is 19.1 Å². The van der Waals surface area contributed by atoms with E-state index in [1.54, 1.807) is 0 Å². The van der Waals surface area contributed by atoms with Gasteiger partial charge in [-0.25, -0.2) is 9.97 Å². The molecule has 0 atom stereocenters. The Bertz CT molecular complexity index is 2440. The SMILES string of the molecule is CC(C)(C)c1ccnc(-n2c3[c-]c(Cc4[c-]c(N5[CH-]N(C(C)(C)C)c6cc7c(cc65)nc5n7CCCC5)ccc4)ccc3c3ccccc32)c1.[Pt]. The Kier molecular flexibility index (Phi) is 8.18. The third-order valence-corrected chi connectivity index (χ3v) is 10.4. The van der Waals surface area contributed by atoms with Crippen LogP contribution in [0.5, 0.6) is 0 Å². The van der Waals surface area contributed by atoms with Crippen molar-refractivity contribution in [1.29, 1.82) is 0 Å². The first-order valence-corrected chi connectivity index (χ1v) is 17.9. The number of hydrogen-bond donors (Lipinski definition) is 0. The number of pyridine rings is 1. The van der Waals surface area contributed by atoms with Crippen LogP contribution in [0.2, 0.25) is 0 Å². The van der Waals surface area contributed by atoms with E-state index in [0.29, 0.717) is 0 Å². The molecule has 6 nitrogen and oxygen atoms in total. The predicted octanol–water partition coefficient (Wildman–Crippen LogP) is 10.2. The van der Waals surface area contributed by atoms with Gasteiger partial charge in [-0.1, -0.05) is 44.5 Å². The summed E-state index contributed by atoms with van der Waals surface area (Å²) in [6.45, 7) is 16.8. The Balaban J connectivity index is 0.00000374. The minimum atomic E-state index is -0.0936. The normalized spacial score (nSPS) is 14.7. The first kappa shape index (κ1) is 33.7. The number of aryl methyl sites for hydroxylation is 2. The van der Waals surface area contributed by atoms with Crippen molar-refractivity contribution in [2.75, 3.05) is 9.80 Å². The van der Waals surface area contributed by atoms with Gasteiger partial charge in [0.25, 0.3) is 0 Å². The van der Waals surface area contributed by atoms with Crippen molar-refractivity contribution < 1.29 is 21.1 Å². The molecule has 0 bridgehead atoms. The van der Waals surface area contributed by atoms with Gasteiger partial charge in [0.15, 0.2) is 0 Å². The quantitative estimate of drug-likeness (QED) is 0.166. The van der Waals surface area contributed by atoms with Crippen molar-refractivity contribution in [3.63, 3.8) is 0 Å². The maximum Gasteiger partial charge on any atom is 0.135 e. The Morgan fingerprint density at radius 3 is 2.43 bits per heavy atom. The van der Waals surface area contributed by atoms with Gasteiger partial charge in [-0.15, -0.1) is 11.1 Å². The molecule has 0 radical (unpaired) electrons. The van der Waals surface area contributed by atoms with E-state index in [1.165, 1.54) is 46.2 Å². The second-order valence-corrected chi connectivity index (χ2v) is 16.0. The van der Waals surface area contributed by atoms with Crippen LogP contribution >= 0.6 is 0 Å². The molecule has 4 aromatic carbocycles. The number of nitrogens with zero attached hydrogens (tertiary/aromatic N) is 6. The van der Waals surface area contributed by atoms with Crippen molar-refractivity contribution in [2.45, 2.75) is 84.7 Å². The van der Waals surface area contributed by atoms with E-state index < -0.39 is 0 Å². The van der Waals surface area contributed by atoms with Gasteiger partial charge in [0.2, 0.25) is 0 Å². The molecular weight excluding hydrogens is 808 g/mol. The number of rotatable bonds is 4. The summed E-state index contributed by atoms with van der Waals surface area (Å²) in [4.78, 5) is 14.6. The summed E-state index contributed by atoms with van der Waals surface area (Å²) in [6.07, 6.45) is 6.13. The smallest absolute Gasteiger partial charge is 0.135 e. The topological polar surface area (TPSA) is 42.1 Å². The molecule has 0 spiro atoms. The molecule has 9 rings (SSSR count). The molecule has 0 N–H and O–H groups in total. The Morgan fingerprint density at radius 1 is 0.784 bits per heavy atom. The van der Waals surface area contributed by atoms with Crippen LogP contribution in [-0.4, -0.2) is 24.6 Å². The molecule has 7 aromatic rings. The molecule has 0 fully saturated rings. The fourth-order valence-electron chi connectivity index (χ4n) is 7.78. The molecule has 0 saturated heterocycles. The fourth-order valence-corrected chi connectivity index (χ4v) is 7.78. The van der Waals surface area contributed by atoms with E-state index in [-0.39, 0.29) is 32.0 Å². The van der Waals surface area contributed by atoms with Crippen LogP contribution in [0.1, 0.15) is 76.9 Å². The van der Waals surface area contributed by atoms with E-state index in [1.807, 2.05) is 6.20 Å². The summed E-state index contributed by atoms with van der Waals surface area (Å²) in [5, 5.41) is 2.39. The zero-order valence-electron chi connectivity index (χ0n) is 30.2. The van der Waals surface area contributed by atoms with E-state index in [0.717, 1.165) is 64.3 Å². The Hall–Kier alpha value is -4.41. The van der Waals surface area contributed by atoms with E-state index in [2.05, 4.69) is 158 Å². The number of para-hydroxylation sites is 1. The molecule has 0 aliphatic carbocycles. The van der Waals surface area contributed by atoms with Crippen LogP contribution in [0.25, 0.3) is 38.7 Å². The molecule has 0 saturated carbocycles. The van der Waals surface area contributed by atoms with Crippen LogP contribution < -0.4 is 9.80 Å². The standard InChI is InChI=1S/C44H43N6.Pt/c1-43(2,3)31-19-20-45-42(25-31)50-36-15-8-7-14-33(36)34-18-17-30(24-37(34)50)22-29-12-11-13-32(23-29)48-28-49(44(4,5)6)40-27-38-35(26-39(40)48)46-41-16-9-10-21-47(38)41;/h7-8,11-15,17-20,25-28H,9-10,16,21-22H2,1-6H3;/q-3;. The largest absolute Gasteiger partial charge is 0.497 e. The summed E-state index contributed by atoms with van der Waals surface area (Å²) >= 11 is 0. The summed E-state index contributed by atoms with van der Waals surface area (Å²) in [5.74, 6) is 2.14. The molecule has 2 aliphatic rings. The minimum absolute atomic E-state index is 0. The van der Waals surface area contributed by atoms with Crippen molar-refractivity contribution in [3.05, 3.63) is 126 Å². The summed E-state index contributed by atoms with van der Waals surface area (Å²) in [7, 11) is 0. The fraction of sp³-hybridized carbons (Fsp3) is 0.295. The maximum atomic E-state index is 5.09. The number of aromatic nitrogens is 4. The molecule has 5 heterocycles. The second-order valence-electron chi connectivity index (χ2n) is 16.0. The average molecular weight is 851 g/mol. The molecule has 262 valence electrons. The minimum Gasteiger partial charge on any atom is -0.497 e. The van der Waals surface area contributed by atoms with Crippen molar-refractivity contribution in [3.8, 4) is 5.82 Å². The number of benzene rings is 4. The van der Waals surface area contributed by atoms with Gasteiger partial charge in [0.1, 0.15) is 11.6 Å². The monoisotopic (exact) mass is 850 g/mol. The number of anilines is 3. The Labute approximate surface area is 315 Å². The van der Waals surface area contributed by atoms with Crippen LogP contribution in [0.4, 0.5) is 17.1 Å². The van der Waals surface area contributed by atoms with Gasteiger partial charge >= 0.3 is 0 Å². The number of fused-ring (bicyclic) bond motifs is 7. The summed E-state index contributed by atoms with van der Waals surface area (Å²) in [5.41, 5.74) is 11.3. The van der Waals surface area contributed by atoms with Crippen LogP contribution in [-0.2, 0) is 45.9 Å². The van der Waals surface area contributed by atoms with Crippen molar-refractivity contribution in [2.24, 2.45) is 0 Å². The zero-order valence-corrected chi connectivity index (χ0v) is 32.5. The first-order valence-electron chi connectivity index (χ1n) is 17.9. The summed E-state index contributed by atoms with van der Waals surface area (Å²) < 4.78 is 4.70.